The van der Waals surface area contributed by atoms with Gasteiger partial charge in [0.05, 0.1) is 27.4 Å². The molecule has 0 bridgehead atoms. The minimum atomic E-state index is 0.325. The highest BCUT2D eigenvalue weighted by Crippen LogP contribution is 2.35. The molecule has 0 unspecified atom stereocenters. The Labute approximate surface area is 111 Å². The number of aromatic nitrogens is 2. The molecule has 0 atom stereocenters. The van der Waals surface area contributed by atoms with Crippen molar-refractivity contribution in [2.24, 2.45) is 0 Å². The Balaban J connectivity index is 2.41. The van der Waals surface area contributed by atoms with Crippen LogP contribution in [0.25, 0.3) is 0 Å². The number of ether oxygens (including phenoxy) is 3. The molecule has 1 aromatic rings. The highest BCUT2D eigenvalue weighted by atomic mass is 32.2. The van der Waals surface area contributed by atoms with Crippen molar-refractivity contribution < 1.29 is 14.2 Å². The van der Waals surface area contributed by atoms with E-state index in [0.717, 1.165) is 23.8 Å². The first-order chi connectivity index (χ1) is 8.80. The normalized spacial score (nSPS) is 15.6. The van der Waals surface area contributed by atoms with Gasteiger partial charge in [-0.25, -0.2) is 0 Å². The SMILES string of the molecule is COc1nc(OC)c(SC)c(N2CCOCC2)n1. The summed E-state index contributed by atoms with van der Waals surface area (Å²) in [4.78, 5) is 11.7. The molecule has 0 spiro atoms. The molecule has 6 nitrogen and oxygen atoms in total. The molecule has 2 rings (SSSR count). The quantitative estimate of drug-likeness (QED) is 0.759. The fraction of sp³-hybridized carbons (Fsp3) is 0.636. The number of anilines is 1. The van der Waals surface area contributed by atoms with Gasteiger partial charge in [0.1, 0.15) is 4.90 Å². The van der Waals surface area contributed by atoms with Crippen molar-refractivity contribution in [3.05, 3.63) is 0 Å². The molecule has 0 N–H and O–H groups in total. The van der Waals surface area contributed by atoms with Crippen LogP contribution in [0.5, 0.6) is 11.9 Å². The van der Waals surface area contributed by atoms with E-state index >= 15 is 0 Å². The van der Waals surface area contributed by atoms with Crippen LogP contribution < -0.4 is 14.4 Å². The second kappa shape index (κ2) is 6.10. The molecule has 0 radical (unpaired) electrons. The average Bonchev–Trinajstić information content (AvgIpc) is 2.46. The number of hydrogen-bond donors (Lipinski definition) is 0. The van der Waals surface area contributed by atoms with Crippen molar-refractivity contribution in [3.8, 4) is 11.9 Å². The van der Waals surface area contributed by atoms with E-state index in [9.17, 15) is 0 Å². The van der Waals surface area contributed by atoms with Crippen LogP contribution in [-0.4, -0.2) is 56.7 Å². The summed E-state index contributed by atoms with van der Waals surface area (Å²) in [6, 6.07) is 0.325. The number of thioether (sulfide) groups is 1. The molecular formula is C11H17N3O3S. The Bertz CT molecular complexity index is 411. The summed E-state index contributed by atoms with van der Waals surface area (Å²) in [7, 11) is 3.15. The van der Waals surface area contributed by atoms with Gasteiger partial charge in [0.2, 0.25) is 5.88 Å². The first-order valence-corrected chi connectivity index (χ1v) is 6.89. The molecular weight excluding hydrogens is 254 g/mol. The van der Waals surface area contributed by atoms with Crippen LogP contribution in [0.2, 0.25) is 0 Å². The van der Waals surface area contributed by atoms with Crippen LogP contribution in [0, 0.1) is 0 Å². The van der Waals surface area contributed by atoms with Crippen LogP contribution in [0.3, 0.4) is 0 Å². The predicted octanol–water partition coefficient (Wildman–Crippen LogP) is 1.05. The number of morpholine rings is 1. The van der Waals surface area contributed by atoms with E-state index in [2.05, 4.69) is 14.9 Å². The summed E-state index contributed by atoms with van der Waals surface area (Å²) in [6.07, 6.45) is 1.98. The number of methoxy groups -OCH3 is 2. The lowest BCUT2D eigenvalue weighted by Crippen LogP contribution is -2.37. The van der Waals surface area contributed by atoms with Crippen LogP contribution in [0.1, 0.15) is 0 Å². The summed E-state index contributed by atoms with van der Waals surface area (Å²) in [6.45, 7) is 3.05. The molecule has 7 heteroatoms. The third kappa shape index (κ3) is 2.62. The summed E-state index contributed by atoms with van der Waals surface area (Å²) in [5.74, 6) is 1.41. The number of hydrogen-bond acceptors (Lipinski definition) is 7. The van der Waals surface area contributed by atoms with Crippen LogP contribution in [0.4, 0.5) is 5.82 Å². The largest absolute Gasteiger partial charge is 0.480 e. The maximum absolute atomic E-state index is 5.35. The smallest absolute Gasteiger partial charge is 0.321 e. The topological polar surface area (TPSA) is 56.7 Å². The molecule has 0 amide bonds. The van der Waals surface area contributed by atoms with E-state index in [1.165, 1.54) is 0 Å². The standard InChI is InChI=1S/C11H17N3O3S/c1-15-10-8(18-3)9(12-11(13-10)16-2)14-4-6-17-7-5-14/h4-7H2,1-3H3. The predicted molar refractivity (Wildman–Crippen MR) is 69.9 cm³/mol. The number of nitrogens with zero attached hydrogens (tertiary/aromatic N) is 3. The Kier molecular flexibility index (Phi) is 4.48. The van der Waals surface area contributed by atoms with Crippen molar-refractivity contribution in [2.45, 2.75) is 4.90 Å². The summed E-state index contributed by atoms with van der Waals surface area (Å²) < 4.78 is 15.8. The van der Waals surface area contributed by atoms with Crippen molar-refractivity contribution in [1.29, 1.82) is 0 Å². The summed E-state index contributed by atoms with van der Waals surface area (Å²) in [5.41, 5.74) is 0. The lowest BCUT2D eigenvalue weighted by molar-refractivity contribution is 0.122. The highest BCUT2D eigenvalue weighted by molar-refractivity contribution is 7.98. The second-order valence-electron chi connectivity index (χ2n) is 3.68. The minimum Gasteiger partial charge on any atom is -0.480 e. The fourth-order valence-electron chi connectivity index (χ4n) is 1.80. The van der Waals surface area contributed by atoms with Crippen molar-refractivity contribution in [2.75, 3.05) is 51.7 Å². The van der Waals surface area contributed by atoms with Crippen molar-refractivity contribution >= 4 is 17.6 Å². The number of rotatable bonds is 4. The zero-order valence-electron chi connectivity index (χ0n) is 10.8. The minimum absolute atomic E-state index is 0.325. The monoisotopic (exact) mass is 271 g/mol. The molecule has 0 aromatic carbocycles. The van der Waals surface area contributed by atoms with Gasteiger partial charge in [0, 0.05) is 13.1 Å². The second-order valence-corrected chi connectivity index (χ2v) is 4.49. The van der Waals surface area contributed by atoms with Crippen molar-refractivity contribution in [3.63, 3.8) is 0 Å². The summed E-state index contributed by atoms with van der Waals surface area (Å²) in [5, 5.41) is 0. The molecule has 1 aliphatic rings. The van der Waals surface area contributed by atoms with Gasteiger partial charge in [-0.1, -0.05) is 0 Å². The van der Waals surface area contributed by atoms with Gasteiger partial charge in [-0.05, 0) is 6.26 Å². The van der Waals surface area contributed by atoms with E-state index in [-0.39, 0.29) is 0 Å². The summed E-state index contributed by atoms with van der Waals surface area (Å²) >= 11 is 1.57. The van der Waals surface area contributed by atoms with E-state index in [1.54, 1.807) is 26.0 Å². The first-order valence-electron chi connectivity index (χ1n) is 5.66. The maximum Gasteiger partial charge on any atom is 0.321 e. The van der Waals surface area contributed by atoms with Gasteiger partial charge in [-0.2, -0.15) is 9.97 Å². The third-order valence-corrected chi connectivity index (χ3v) is 3.45. The lowest BCUT2D eigenvalue weighted by atomic mass is 10.4. The Hall–Kier alpha value is -1.21. The lowest BCUT2D eigenvalue weighted by Gasteiger charge is -2.29. The van der Waals surface area contributed by atoms with Gasteiger partial charge < -0.3 is 19.1 Å². The van der Waals surface area contributed by atoms with Gasteiger partial charge in [-0.15, -0.1) is 11.8 Å². The molecule has 100 valence electrons. The maximum atomic E-state index is 5.35. The molecule has 1 fully saturated rings. The van der Waals surface area contributed by atoms with Crippen LogP contribution >= 0.6 is 11.8 Å². The Morgan fingerprint density at radius 1 is 1.17 bits per heavy atom. The first kappa shape index (κ1) is 13.2. The molecule has 1 aromatic heterocycles. The molecule has 0 aliphatic carbocycles. The third-order valence-electron chi connectivity index (χ3n) is 2.69. The van der Waals surface area contributed by atoms with E-state index in [1.807, 2.05) is 6.26 Å². The van der Waals surface area contributed by atoms with Crippen LogP contribution in [0.15, 0.2) is 4.90 Å². The molecule has 0 saturated carbocycles. The Morgan fingerprint density at radius 2 is 1.89 bits per heavy atom. The van der Waals surface area contributed by atoms with E-state index in [0.29, 0.717) is 25.1 Å². The van der Waals surface area contributed by atoms with Crippen LogP contribution in [-0.2, 0) is 4.74 Å². The van der Waals surface area contributed by atoms with Gasteiger partial charge in [0.25, 0.3) is 0 Å². The zero-order chi connectivity index (χ0) is 13.0. The fourth-order valence-corrected chi connectivity index (χ4v) is 2.46. The Morgan fingerprint density at radius 3 is 2.44 bits per heavy atom. The molecule has 2 heterocycles. The van der Waals surface area contributed by atoms with Gasteiger partial charge in [0.15, 0.2) is 5.82 Å². The van der Waals surface area contributed by atoms with Crippen molar-refractivity contribution in [1.82, 2.24) is 9.97 Å². The van der Waals surface area contributed by atoms with Gasteiger partial charge in [-0.3, -0.25) is 0 Å². The average molecular weight is 271 g/mol. The highest BCUT2D eigenvalue weighted by Gasteiger charge is 2.21. The molecule has 18 heavy (non-hydrogen) atoms. The zero-order valence-corrected chi connectivity index (χ0v) is 11.6. The molecule has 1 saturated heterocycles. The van der Waals surface area contributed by atoms with E-state index < -0.39 is 0 Å². The van der Waals surface area contributed by atoms with E-state index in [4.69, 9.17) is 14.2 Å². The molecule has 1 aliphatic heterocycles. The van der Waals surface area contributed by atoms with Gasteiger partial charge >= 0.3 is 6.01 Å².